The molecule has 0 saturated carbocycles. The highest BCUT2D eigenvalue weighted by atomic mass is 19.1. The van der Waals surface area contributed by atoms with Crippen molar-refractivity contribution in [1.82, 2.24) is 5.32 Å². The minimum atomic E-state index is -0.363. The van der Waals surface area contributed by atoms with Crippen molar-refractivity contribution in [3.63, 3.8) is 0 Å². The lowest BCUT2D eigenvalue weighted by Crippen LogP contribution is -2.32. The molecule has 2 amide bonds. The Kier molecular flexibility index (Phi) is 5.91. The van der Waals surface area contributed by atoms with Crippen LogP contribution in [-0.4, -0.2) is 17.7 Å². The van der Waals surface area contributed by atoms with Crippen LogP contribution < -0.4 is 10.6 Å². The van der Waals surface area contributed by atoms with Gasteiger partial charge in [0.25, 0.3) is 0 Å². The molecular formula is C17H19FN2O2. The summed E-state index contributed by atoms with van der Waals surface area (Å²) in [5.41, 5.74) is 1.50. The molecule has 4 nitrogen and oxygen atoms in total. The van der Waals surface area contributed by atoms with E-state index in [9.17, 15) is 9.18 Å². The fraction of sp³-hybridized carbons (Fsp3) is 0.235. The maximum Gasteiger partial charge on any atom is 0.319 e. The normalized spacial score (nSPS) is 11.7. The van der Waals surface area contributed by atoms with Crippen LogP contribution in [0.1, 0.15) is 24.4 Å². The van der Waals surface area contributed by atoms with E-state index < -0.39 is 0 Å². The van der Waals surface area contributed by atoms with Crippen molar-refractivity contribution in [2.24, 2.45) is 0 Å². The van der Waals surface area contributed by atoms with Crippen LogP contribution >= 0.6 is 0 Å². The SMILES string of the molecule is O=C(Nc1ccc(F)cc1)NC(CCCO)c1ccccc1. The van der Waals surface area contributed by atoms with Gasteiger partial charge in [0.1, 0.15) is 5.82 Å². The van der Waals surface area contributed by atoms with Crippen LogP contribution in [0.5, 0.6) is 0 Å². The first-order valence-corrected chi connectivity index (χ1v) is 7.18. The van der Waals surface area contributed by atoms with Crippen LogP contribution in [0, 0.1) is 5.82 Å². The molecular weight excluding hydrogens is 283 g/mol. The number of carbonyl (C=O) groups is 1. The van der Waals surface area contributed by atoms with Crippen molar-refractivity contribution in [3.8, 4) is 0 Å². The number of aliphatic hydroxyl groups is 1. The highest BCUT2D eigenvalue weighted by Gasteiger charge is 2.14. The Morgan fingerprint density at radius 1 is 1.09 bits per heavy atom. The van der Waals surface area contributed by atoms with Crippen molar-refractivity contribution in [2.75, 3.05) is 11.9 Å². The van der Waals surface area contributed by atoms with Gasteiger partial charge in [0.15, 0.2) is 0 Å². The third-order valence-electron chi connectivity index (χ3n) is 3.26. The van der Waals surface area contributed by atoms with Crippen molar-refractivity contribution in [3.05, 3.63) is 66.0 Å². The smallest absolute Gasteiger partial charge is 0.319 e. The number of hydrogen-bond acceptors (Lipinski definition) is 2. The van der Waals surface area contributed by atoms with Crippen molar-refractivity contribution in [2.45, 2.75) is 18.9 Å². The molecule has 0 aliphatic heterocycles. The molecule has 0 spiro atoms. The Labute approximate surface area is 129 Å². The van der Waals surface area contributed by atoms with Gasteiger partial charge in [0.05, 0.1) is 6.04 Å². The number of amides is 2. The summed E-state index contributed by atoms with van der Waals surface area (Å²) in [5, 5.41) is 14.5. The molecule has 0 saturated heterocycles. The van der Waals surface area contributed by atoms with Crippen LogP contribution in [-0.2, 0) is 0 Å². The van der Waals surface area contributed by atoms with Gasteiger partial charge < -0.3 is 15.7 Å². The van der Waals surface area contributed by atoms with Gasteiger partial charge in [-0.15, -0.1) is 0 Å². The van der Waals surface area contributed by atoms with E-state index >= 15 is 0 Å². The van der Waals surface area contributed by atoms with Gasteiger partial charge >= 0.3 is 6.03 Å². The Morgan fingerprint density at radius 3 is 2.41 bits per heavy atom. The minimum absolute atomic E-state index is 0.0740. The number of aliphatic hydroxyl groups excluding tert-OH is 1. The third kappa shape index (κ3) is 4.86. The topological polar surface area (TPSA) is 61.4 Å². The van der Waals surface area contributed by atoms with E-state index in [2.05, 4.69) is 10.6 Å². The van der Waals surface area contributed by atoms with E-state index in [0.29, 0.717) is 18.5 Å². The predicted octanol–water partition coefficient (Wildman–Crippen LogP) is 3.46. The molecule has 22 heavy (non-hydrogen) atoms. The fourth-order valence-corrected chi connectivity index (χ4v) is 2.16. The summed E-state index contributed by atoms with van der Waals surface area (Å²) in [6.45, 7) is 0.0740. The standard InChI is InChI=1S/C17H19FN2O2/c18-14-8-10-15(11-9-14)19-17(22)20-16(7-4-12-21)13-5-2-1-3-6-13/h1-3,5-6,8-11,16,21H,4,7,12H2,(H2,19,20,22). The number of hydrogen-bond donors (Lipinski definition) is 3. The summed E-state index contributed by atoms with van der Waals surface area (Å²) in [5.74, 6) is -0.351. The number of nitrogens with one attached hydrogen (secondary N) is 2. The lowest BCUT2D eigenvalue weighted by molar-refractivity contribution is 0.244. The van der Waals surface area contributed by atoms with Gasteiger partial charge in [0, 0.05) is 12.3 Å². The van der Waals surface area contributed by atoms with Crippen molar-refractivity contribution < 1.29 is 14.3 Å². The molecule has 2 rings (SSSR count). The number of anilines is 1. The van der Waals surface area contributed by atoms with Crippen molar-refractivity contribution in [1.29, 1.82) is 0 Å². The summed E-state index contributed by atoms with van der Waals surface area (Å²) in [4.78, 5) is 12.1. The summed E-state index contributed by atoms with van der Waals surface area (Å²) < 4.78 is 12.8. The Balaban J connectivity index is 2.00. The van der Waals surface area contributed by atoms with E-state index in [1.807, 2.05) is 30.3 Å². The summed E-state index contributed by atoms with van der Waals surface area (Å²) in [7, 11) is 0. The largest absolute Gasteiger partial charge is 0.396 e. The monoisotopic (exact) mass is 302 g/mol. The van der Waals surface area contributed by atoms with Crippen LogP contribution in [0.3, 0.4) is 0 Å². The molecule has 2 aromatic carbocycles. The van der Waals surface area contributed by atoms with Gasteiger partial charge in [-0.1, -0.05) is 30.3 Å². The van der Waals surface area contributed by atoms with E-state index in [1.165, 1.54) is 24.3 Å². The molecule has 0 heterocycles. The Morgan fingerprint density at radius 2 is 1.77 bits per heavy atom. The van der Waals surface area contributed by atoms with Gasteiger partial charge in [0.2, 0.25) is 0 Å². The predicted molar refractivity (Wildman–Crippen MR) is 84.1 cm³/mol. The van der Waals surface area contributed by atoms with Crippen LogP contribution in [0.15, 0.2) is 54.6 Å². The van der Waals surface area contributed by atoms with Crippen LogP contribution in [0.25, 0.3) is 0 Å². The van der Waals surface area contributed by atoms with Crippen molar-refractivity contribution >= 4 is 11.7 Å². The van der Waals surface area contributed by atoms with E-state index in [4.69, 9.17) is 5.11 Å². The van der Waals surface area contributed by atoms with E-state index in [-0.39, 0.29) is 24.5 Å². The number of rotatable bonds is 6. The second-order valence-electron chi connectivity index (χ2n) is 4.93. The maximum absolute atomic E-state index is 12.8. The first kappa shape index (κ1) is 16.0. The molecule has 0 bridgehead atoms. The highest BCUT2D eigenvalue weighted by Crippen LogP contribution is 2.18. The zero-order chi connectivity index (χ0) is 15.8. The van der Waals surface area contributed by atoms with Crippen LogP contribution in [0.2, 0.25) is 0 Å². The third-order valence-corrected chi connectivity index (χ3v) is 3.26. The number of benzene rings is 2. The Hall–Kier alpha value is -2.40. The van der Waals surface area contributed by atoms with Gasteiger partial charge in [-0.2, -0.15) is 0 Å². The fourth-order valence-electron chi connectivity index (χ4n) is 2.16. The second-order valence-corrected chi connectivity index (χ2v) is 4.93. The quantitative estimate of drug-likeness (QED) is 0.765. The average molecular weight is 302 g/mol. The molecule has 1 unspecified atom stereocenters. The first-order chi connectivity index (χ1) is 10.7. The molecule has 0 fully saturated rings. The molecule has 0 aliphatic rings. The zero-order valence-corrected chi connectivity index (χ0v) is 12.1. The molecule has 2 aromatic rings. The molecule has 5 heteroatoms. The molecule has 0 radical (unpaired) electrons. The Bertz CT molecular complexity index is 587. The van der Waals surface area contributed by atoms with Gasteiger partial charge in [-0.3, -0.25) is 0 Å². The molecule has 0 aliphatic carbocycles. The number of urea groups is 1. The van der Waals surface area contributed by atoms with Gasteiger partial charge in [-0.25, -0.2) is 9.18 Å². The van der Waals surface area contributed by atoms with Crippen LogP contribution in [0.4, 0.5) is 14.9 Å². The lowest BCUT2D eigenvalue weighted by Gasteiger charge is -2.19. The highest BCUT2D eigenvalue weighted by molar-refractivity contribution is 5.89. The van der Waals surface area contributed by atoms with E-state index in [0.717, 1.165) is 5.56 Å². The summed E-state index contributed by atoms with van der Waals surface area (Å²) in [6.07, 6.45) is 1.23. The zero-order valence-electron chi connectivity index (χ0n) is 12.1. The maximum atomic E-state index is 12.8. The second kappa shape index (κ2) is 8.14. The molecule has 1 atom stereocenters. The number of halogens is 1. The average Bonchev–Trinajstić information content (AvgIpc) is 2.54. The lowest BCUT2D eigenvalue weighted by atomic mass is 10.0. The summed E-state index contributed by atoms with van der Waals surface area (Å²) in [6, 6.07) is 14.6. The molecule has 0 aromatic heterocycles. The van der Waals surface area contributed by atoms with E-state index in [1.54, 1.807) is 0 Å². The summed E-state index contributed by atoms with van der Waals surface area (Å²) >= 11 is 0. The van der Waals surface area contributed by atoms with Gasteiger partial charge in [-0.05, 0) is 42.7 Å². The molecule has 116 valence electrons. The minimum Gasteiger partial charge on any atom is -0.396 e. The first-order valence-electron chi connectivity index (χ1n) is 7.18. The molecule has 3 N–H and O–H groups in total. The number of carbonyl (C=O) groups excluding carboxylic acids is 1.